The first kappa shape index (κ1) is 15.2. The highest BCUT2D eigenvalue weighted by Gasteiger charge is 2.22. The second-order valence-electron chi connectivity index (χ2n) is 5.05. The molecule has 1 aromatic rings. The third kappa shape index (κ3) is 4.11. The minimum absolute atomic E-state index is 0.100. The van der Waals surface area contributed by atoms with E-state index in [1.165, 1.54) is 7.11 Å². The molecule has 0 aliphatic heterocycles. The van der Waals surface area contributed by atoms with Crippen LogP contribution in [0.25, 0.3) is 0 Å². The zero-order chi connectivity index (χ0) is 15.2. The highest BCUT2D eigenvalue weighted by molar-refractivity contribution is 5.71. The Labute approximate surface area is 123 Å². The number of carbonyl (C=O) groups excluding carboxylic acids is 1. The summed E-state index contributed by atoms with van der Waals surface area (Å²) < 4.78 is 10.1. The predicted octanol–water partition coefficient (Wildman–Crippen LogP) is 1.61. The maximum absolute atomic E-state index is 11.1. The Morgan fingerprint density at radius 1 is 1.43 bits per heavy atom. The minimum atomic E-state index is -0.990. The van der Waals surface area contributed by atoms with Gasteiger partial charge in [-0.05, 0) is 42.4 Å². The van der Waals surface area contributed by atoms with Crippen LogP contribution < -0.4 is 10.1 Å². The normalized spacial score (nSPS) is 16.7. The second-order valence-corrected chi connectivity index (χ2v) is 5.05. The Kier molecular flexibility index (Phi) is 5.03. The molecular weight excluding hydrogens is 274 g/mol. The molecular formula is C15H19NO5. The largest absolute Gasteiger partial charge is 0.482 e. The highest BCUT2D eigenvalue weighted by Crippen LogP contribution is 2.32. The summed E-state index contributed by atoms with van der Waals surface area (Å²) in [5.74, 6) is 0.596. The van der Waals surface area contributed by atoms with Crippen molar-refractivity contribution in [3.63, 3.8) is 0 Å². The first-order valence-electron chi connectivity index (χ1n) is 6.87. The van der Waals surface area contributed by atoms with Crippen molar-refractivity contribution in [1.82, 2.24) is 5.32 Å². The molecule has 6 heteroatoms. The van der Waals surface area contributed by atoms with E-state index in [4.69, 9.17) is 9.84 Å². The summed E-state index contributed by atoms with van der Waals surface area (Å²) in [7, 11) is 1.33. The first-order valence-corrected chi connectivity index (χ1v) is 6.87. The summed E-state index contributed by atoms with van der Waals surface area (Å²) in [6, 6.07) is 5.75. The number of amides is 1. The van der Waals surface area contributed by atoms with Gasteiger partial charge in [0.15, 0.2) is 6.61 Å². The molecule has 1 aromatic carbocycles. The van der Waals surface area contributed by atoms with Crippen LogP contribution in [0.4, 0.5) is 4.79 Å². The molecule has 1 amide bonds. The average Bonchev–Trinajstić information content (AvgIpc) is 2.50. The number of nitrogens with one attached hydrogen (secondary N) is 1. The molecule has 0 fully saturated rings. The van der Waals surface area contributed by atoms with Crippen LogP contribution in [0, 0.1) is 5.92 Å². The number of esters is 1. The molecule has 0 radical (unpaired) electrons. The number of hydrogen-bond acceptors (Lipinski definition) is 4. The van der Waals surface area contributed by atoms with Gasteiger partial charge < -0.3 is 19.9 Å². The lowest BCUT2D eigenvalue weighted by Crippen LogP contribution is -2.30. The van der Waals surface area contributed by atoms with Crippen LogP contribution in [-0.4, -0.2) is 37.4 Å². The van der Waals surface area contributed by atoms with Crippen LogP contribution >= 0.6 is 0 Å². The maximum atomic E-state index is 11.1. The Balaban J connectivity index is 2.01. The van der Waals surface area contributed by atoms with E-state index in [1.54, 1.807) is 0 Å². The summed E-state index contributed by atoms with van der Waals surface area (Å²) in [6.07, 6.45) is 1.53. The Morgan fingerprint density at radius 3 is 2.95 bits per heavy atom. The lowest BCUT2D eigenvalue weighted by atomic mass is 9.83. The van der Waals surface area contributed by atoms with E-state index in [0.717, 1.165) is 30.4 Å². The first-order chi connectivity index (χ1) is 10.1. The van der Waals surface area contributed by atoms with Crippen LogP contribution in [-0.2, 0) is 22.4 Å². The topological polar surface area (TPSA) is 84.9 Å². The van der Waals surface area contributed by atoms with Gasteiger partial charge in [0.1, 0.15) is 5.75 Å². The van der Waals surface area contributed by atoms with E-state index in [1.807, 2.05) is 18.2 Å². The second kappa shape index (κ2) is 6.97. The fourth-order valence-electron chi connectivity index (χ4n) is 2.58. The highest BCUT2D eigenvalue weighted by atomic mass is 16.6. The van der Waals surface area contributed by atoms with Gasteiger partial charge in [0, 0.05) is 6.54 Å². The minimum Gasteiger partial charge on any atom is -0.482 e. The SMILES string of the molecule is COC(=O)COc1cccc2c1CCC(CNC(=O)O)C2. The van der Waals surface area contributed by atoms with Crippen molar-refractivity contribution in [2.45, 2.75) is 19.3 Å². The van der Waals surface area contributed by atoms with Crippen LogP contribution in [0.2, 0.25) is 0 Å². The van der Waals surface area contributed by atoms with Crippen molar-refractivity contribution in [2.75, 3.05) is 20.3 Å². The molecule has 1 aliphatic carbocycles. The van der Waals surface area contributed by atoms with E-state index < -0.39 is 12.1 Å². The van der Waals surface area contributed by atoms with Gasteiger partial charge >= 0.3 is 12.1 Å². The maximum Gasteiger partial charge on any atom is 0.404 e. The molecule has 0 bridgehead atoms. The summed E-state index contributed by atoms with van der Waals surface area (Å²) >= 11 is 0. The van der Waals surface area contributed by atoms with Crippen molar-refractivity contribution in [1.29, 1.82) is 0 Å². The number of benzene rings is 1. The molecule has 0 saturated heterocycles. The van der Waals surface area contributed by atoms with Gasteiger partial charge in [-0.25, -0.2) is 9.59 Å². The number of rotatable bonds is 5. The molecule has 6 nitrogen and oxygen atoms in total. The lowest BCUT2D eigenvalue weighted by Gasteiger charge is -2.26. The number of fused-ring (bicyclic) bond motifs is 1. The predicted molar refractivity (Wildman–Crippen MR) is 75.5 cm³/mol. The zero-order valence-electron chi connectivity index (χ0n) is 11.9. The summed E-state index contributed by atoms with van der Waals surface area (Å²) in [5, 5.41) is 11.1. The molecule has 0 aromatic heterocycles. The van der Waals surface area contributed by atoms with Gasteiger partial charge in [-0.1, -0.05) is 12.1 Å². The van der Waals surface area contributed by atoms with E-state index >= 15 is 0 Å². The number of hydrogen-bond donors (Lipinski definition) is 2. The molecule has 1 unspecified atom stereocenters. The smallest absolute Gasteiger partial charge is 0.404 e. The van der Waals surface area contributed by atoms with E-state index in [9.17, 15) is 9.59 Å². The third-order valence-electron chi connectivity index (χ3n) is 3.66. The van der Waals surface area contributed by atoms with E-state index in [0.29, 0.717) is 18.2 Å². The van der Waals surface area contributed by atoms with Crippen molar-refractivity contribution in [3.05, 3.63) is 29.3 Å². The molecule has 0 spiro atoms. The molecule has 21 heavy (non-hydrogen) atoms. The van der Waals surface area contributed by atoms with Gasteiger partial charge in [0.2, 0.25) is 0 Å². The van der Waals surface area contributed by atoms with Crippen molar-refractivity contribution in [3.8, 4) is 5.75 Å². The number of carboxylic acid groups (broad SMARTS) is 1. The van der Waals surface area contributed by atoms with Crippen molar-refractivity contribution in [2.24, 2.45) is 5.92 Å². The molecule has 1 atom stereocenters. The molecule has 2 rings (SSSR count). The third-order valence-corrected chi connectivity index (χ3v) is 3.66. The summed E-state index contributed by atoms with van der Waals surface area (Å²) in [5.41, 5.74) is 2.26. The number of ether oxygens (including phenoxy) is 2. The van der Waals surface area contributed by atoms with Crippen LogP contribution in [0.15, 0.2) is 18.2 Å². The summed E-state index contributed by atoms with van der Waals surface area (Å²) in [6.45, 7) is 0.360. The Hall–Kier alpha value is -2.24. The molecule has 0 heterocycles. The lowest BCUT2D eigenvalue weighted by molar-refractivity contribution is -0.142. The van der Waals surface area contributed by atoms with Gasteiger partial charge in [-0.15, -0.1) is 0 Å². The van der Waals surface area contributed by atoms with Crippen LogP contribution in [0.3, 0.4) is 0 Å². The van der Waals surface area contributed by atoms with Crippen molar-refractivity contribution >= 4 is 12.1 Å². The van der Waals surface area contributed by atoms with Gasteiger partial charge in [-0.3, -0.25) is 0 Å². The monoisotopic (exact) mass is 293 g/mol. The quantitative estimate of drug-likeness (QED) is 0.806. The molecule has 2 N–H and O–H groups in total. The fraction of sp³-hybridized carbons (Fsp3) is 0.467. The van der Waals surface area contributed by atoms with E-state index in [-0.39, 0.29) is 6.61 Å². The fourth-order valence-corrected chi connectivity index (χ4v) is 2.58. The summed E-state index contributed by atoms with van der Waals surface area (Å²) in [4.78, 5) is 21.7. The van der Waals surface area contributed by atoms with Gasteiger partial charge in [0.25, 0.3) is 0 Å². The van der Waals surface area contributed by atoms with Crippen LogP contribution in [0.5, 0.6) is 5.75 Å². The van der Waals surface area contributed by atoms with Gasteiger partial charge in [-0.2, -0.15) is 0 Å². The number of carbonyl (C=O) groups is 2. The Bertz CT molecular complexity index is 529. The van der Waals surface area contributed by atoms with Crippen molar-refractivity contribution < 1.29 is 24.2 Å². The molecule has 1 aliphatic rings. The molecule has 114 valence electrons. The van der Waals surface area contributed by atoms with Crippen LogP contribution in [0.1, 0.15) is 17.5 Å². The van der Waals surface area contributed by atoms with E-state index in [2.05, 4.69) is 10.1 Å². The number of methoxy groups -OCH3 is 1. The standard InChI is InChI=1S/C15H19NO5/c1-20-14(17)9-21-13-4-2-3-11-7-10(5-6-12(11)13)8-16-15(18)19/h2-4,10,16H,5-9H2,1H3,(H,18,19). The average molecular weight is 293 g/mol. The Morgan fingerprint density at radius 2 is 2.24 bits per heavy atom. The van der Waals surface area contributed by atoms with Gasteiger partial charge in [0.05, 0.1) is 7.11 Å². The molecule has 0 saturated carbocycles. The zero-order valence-corrected chi connectivity index (χ0v) is 11.9.